The van der Waals surface area contributed by atoms with Gasteiger partial charge in [-0.05, 0) is 32.0 Å². The van der Waals surface area contributed by atoms with Gasteiger partial charge in [-0.2, -0.15) is 0 Å². The summed E-state index contributed by atoms with van der Waals surface area (Å²) in [6.07, 6.45) is 0.357. The zero-order valence-electron chi connectivity index (χ0n) is 12.2. The predicted molar refractivity (Wildman–Crippen MR) is 80.0 cm³/mol. The summed E-state index contributed by atoms with van der Waals surface area (Å²) in [5.74, 6) is -1.75. The van der Waals surface area contributed by atoms with Crippen LogP contribution in [0.2, 0.25) is 0 Å². The van der Waals surface area contributed by atoms with E-state index in [2.05, 4.69) is 10.6 Å². The van der Waals surface area contributed by atoms with E-state index in [9.17, 15) is 14.4 Å². The molecule has 2 amide bonds. The fourth-order valence-corrected chi connectivity index (χ4v) is 1.48. The van der Waals surface area contributed by atoms with Gasteiger partial charge in [-0.15, -0.1) is 0 Å². The molecule has 0 saturated carbocycles. The Balaban J connectivity index is 2.87. The standard InChI is InChI=1S/C15H18N2O4/c1-4-13(18)16-11-6-5-7-12(8-11)17-14(19)9(2)10(3)15(20)21/h5-8H,4H2,1-3H3,(H,16,18)(H,17,19)(H,20,21). The van der Waals surface area contributed by atoms with Crippen LogP contribution < -0.4 is 10.6 Å². The van der Waals surface area contributed by atoms with Crippen LogP contribution in [0.4, 0.5) is 11.4 Å². The van der Waals surface area contributed by atoms with Gasteiger partial charge in [0.1, 0.15) is 0 Å². The zero-order chi connectivity index (χ0) is 16.0. The Hall–Kier alpha value is -2.63. The number of nitrogens with one attached hydrogen (secondary N) is 2. The van der Waals surface area contributed by atoms with Crippen molar-refractivity contribution in [3.05, 3.63) is 35.4 Å². The van der Waals surface area contributed by atoms with E-state index >= 15 is 0 Å². The monoisotopic (exact) mass is 290 g/mol. The average molecular weight is 290 g/mol. The molecule has 0 bridgehead atoms. The molecule has 0 radical (unpaired) electrons. The van der Waals surface area contributed by atoms with E-state index in [1.54, 1.807) is 31.2 Å². The van der Waals surface area contributed by atoms with Crippen molar-refractivity contribution in [3.8, 4) is 0 Å². The molecule has 1 rings (SSSR count). The Bertz CT molecular complexity index is 605. The molecular weight excluding hydrogens is 272 g/mol. The predicted octanol–water partition coefficient (Wildman–Crippen LogP) is 2.39. The fraction of sp³-hybridized carbons (Fsp3) is 0.267. The normalized spacial score (nSPS) is 11.4. The van der Waals surface area contributed by atoms with Crippen LogP contribution in [0.3, 0.4) is 0 Å². The summed E-state index contributed by atoms with van der Waals surface area (Å²) in [4.78, 5) is 34.1. The van der Waals surface area contributed by atoms with Crippen molar-refractivity contribution < 1.29 is 19.5 Å². The summed E-state index contributed by atoms with van der Waals surface area (Å²) < 4.78 is 0. The van der Waals surface area contributed by atoms with E-state index in [4.69, 9.17) is 5.11 Å². The molecule has 21 heavy (non-hydrogen) atoms. The van der Waals surface area contributed by atoms with Crippen molar-refractivity contribution in [2.45, 2.75) is 27.2 Å². The van der Waals surface area contributed by atoms with Crippen LogP contribution >= 0.6 is 0 Å². The minimum absolute atomic E-state index is 0.0112. The lowest BCUT2D eigenvalue weighted by Gasteiger charge is -2.09. The maximum absolute atomic E-state index is 11.9. The number of amides is 2. The Morgan fingerprint density at radius 1 is 1.05 bits per heavy atom. The maximum Gasteiger partial charge on any atom is 0.331 e. The van der Waals surface area contributed by atoms with Crippen LogP contribution in [-0.4, -0.2) is 22.9 Å². The second-order valence-corrected chi connectivity index (χ2v) is 4.49. The lowest BCUT2D eigenvalue weighted by Crippen LogP contribution is -2.16. The van der Waals surface area contributed by atoms with Crippen LogP contribution in [0.25, 0.3) is 0 Å². The maximum atomic E-state index is 11.9. The molecule has 0 aliphatic heterocycles. The highest BCUT2D eigenvalue weighted by molar-refractivity contribution is 6.08. The number of carboxylic acids is 1. The molecule has 1 aromatic rings. The lowest BCUT2D eigenvalue weighted by atomic mass is 10.1. The number of carboxylic acid groups (broad SMARTS) is 1. The second-order valence-electron chi connectivity index (χ2n) is 4.49. The first-order chi connectivity index (χ1) is 9.85. The van der Waals surface area contributed by atoms with Crippen molar-refractivity contribution in [3.63, 3.8) is 0 Å². The first kappa shape index (κ1) is 16.4. The highest BCUT2D eigenvalue weighted by Crippen LogP contribution is 2.16. The molecule has 0 heterocycles. The molecule has 0 unspecified atom stereocenters. The molecule has 0 atom stereocenters. The highest BCUT2D eigenvalue weighted by Gasteiger charge is 2.13. The van der Waals surface area contributed by atoms with Crippen LogP contribution in [0, 0.1) is 0 Å². The van der Waals surface area contributed by atoms with Crippen molar-refractivity contribution in [1.29, 1.82) is 0 Å². The molecule has 0 aliphatic carbocycles. The van der Waals surface area contributed by atoms with Gasteiger partial charge in [-0.3, -0.25) is 9.59 Å². The van der Waals surface area contributed by atoms with Gasteiger partial charge in [0, 0.05) is 28.9 Å². The number of benzene rings is 1. The van der Waals surface area contributed by atoms with Crippen LogP contribution in [0.5, 0.6) is 0 Å². The molecule has 0 spiro atoms. The summed E-state index contributed by atoms with van der Waals surface area (Å²) >= 11 is 0. The van der Waals surface area contributed by atoms with Crippen LogP contribution in [-0.2, 0) is 14.4 Å². The van der Waals surface area contributed by atoms with E-state index < -0.39 is 11.9 Å². The van der Waals surface area contributed by atoms with Crippen molar-refractivity contribution >= 4 is 29.2 Å². The van der Waals surface area contributed by atoms with Gasteiger partial charge in [0.2, 0.25) is 5.91 Å². The van der Waals surface area contributed by atoms with Crippen molar-refractivity contribution in [1.82, 2.24) is 0 Å². The van der Waals surface area contributed by atoms with E-state index in [-0.39, 0.29) is 17.1 Å². The first-order valence-electron chi connectivity index (χ1n) is 6.47. The molecule has 3 N–H and O–H groups in total. The second kappa shape index (κ2) is 7.23. The number of hydrogen-bond donors (Lipinski definition) is 3. The molecule has 6 heteroatoms. The number of anilines is 2. The molecule has 1 aromatic carbocycles. The number of rotatable bonds is 5. The van der Waals surface area contributed by atoms with E-state index in [1.807, 2.05) is 0 Å². The topological polar surface area (TPSA) is 95.5 Å². The van der Waals surface area contributed by atoms with E-state index in [0.717, 1.165) is 0 Å². The summed E-state index contributed by atoms with van der Waals surface area (Å²) in [7, 11) is 0. The van der Waals surface area contributed by atoms with E-state index in [0.29, 0.717) is 17.8 Å². The van der Waals surface area contributed by atoms with Gasteiger partial charge < -0.3 is 15.7 Å². The molecule has 0 aliphatic rings. The molecule has 0 saturated heterocycles. The summed E-state index contributed by atoms with van der Waals surface area (Å²) in [6.45, 7) is 4.56. The lowest BCUT2D eigenvalue weighted by molar-refractivity contribution is -0.133. The quantitative estimate of drug-likeness (QED) is 0.725. The minimum atomic E-state index is -1.13. The Labute approximate surface area is 122 Å². The average Bonchev–Trinajstić information content (AvgIpc) is 2.45. The van der Waals surface area contributed by atoms with Crippen LogP contribution in [0.15, 0.2) is 35.4 Å². The molecule has 6 nitrogen and oxygen atoms in total. The number of carbonyl (C=O) groups is 3. The van der Waals surface area contributed by atoms with Gasteiger partial charge in [-0.25, -0.2) is 4.79 Å². The van der Waals surface area contributed by atoms with Crippen molar-refractivity contribution in [2.75, 3.05) is 10.6 Å². The summed E-state index contributed by atoms with van der Waals surface area (Å²) in [5, 5.41) is 14.1. The Morgan fingerprint density at radius 2 is 1.62 bits per heavy atom. The van der Waals surface area contributed by atoms with Gasteiger partial charge in [0.25, 0.3) is 5.91 Å². The molecule has 112 valence electrons. The van der Waals surface area contributed by atoms with Gasteiger partial charge in [0.15, 0.2) is 0 Å². The van der Waals surface area contributed by atoms with Crippen LogP contribution in [0.1, 0.15) is 27.2 Å². The number of hydrogen-bond acceptors (Lipinski definition) is 3. The third-order valence-electron chi connectivity index (χ3n) is 2.95. The van der Waals surface area contributed by atoms with E-state index in [1.165, 1.54) is 13.8 Å². The Morgan fingerprint density at radius 3 is 2.14 bits per heavy atom. The third-order valence-corrected chi connectivity index (χ3v) is 2.95. The molecule has 0 aromatic heterocycles. The largest absolute Gasteiger partial charge is 0.478 e. The summed E-state index contributed by atoms with van der Waals surface area (Å²) in [6, 6.07) is 6.65. The molecular formula is C15H18N2O4. The zero-order valence-corrected chi connectivity index (χ0v) is 12.2. The Kier molecular flexibility index (Phi) is 5.66. The fourth-order valence-electron chi connectivity index (χ4n) is 1.48. The van der Waals surface area contributed by atoms with Gasteiger partial charge in [-0.1, -0.05) is 13.0 Å². The van der Waals surface area contributed by atoms with Gasteiger partial charge >= 0.3 is 5.97 Å². The van der Waals surface area contributed by atoms with Gasteiger partial charge in [0.05, 0.1) is 0 Å². The third kappa shape index (κ3) is 4.76. The highest BCUT2D eigenvalue weighted by atomic mass is 16.4. The number of carbonyl (C=O) groups excluding carboxylic acids is 2. The smallest absolute Gasteiger partial charge is 0.331 e. The minimum Gasteiger partial charge on any atom is -0.478 e. The number of aliphatic carboxylic acids is 1. The summed E-state index contributed by atoms with van der Waals surface area (Å²) in [5.41, 5.74) is 1.16. The molecule has 0 fully saturated rings. The first-order valence-corrected chi connectivity index (χ1v) is 6.47. The van der Waals surface area contributed by atoms with Crippen molar-refractivity contribution in [2.24, 2.45) is 0 Å². The SMILES string of the molecule is CCC(=O)Nc1cccc(NC(=O)C(C)=C(C)C(=O)O)c1.